The van der Waals surface area contributed by atoms with E-state index in [0.29, 0.717) is 11.3 Å². The van der Waals surface area contributed by atoms with Gasteiger partial charge in [0.2, 0.25) is 29.5 Å². The predicted octanol–water partition coefficient (Wildman–Crippen LogP) is 1.65. The topological polar surface area (TPSA) is 252 Å². The first-order valence-corrected chi connectivity index (χ1v) is 18.6. The third-order valence-corrected chi connectivity index (χ3v) is 9.10. The number of rotatable bonds is 20. The number of hydrogen-bond acceptors (Lipinski definition) is 9. The van der Waals surface area contributed by atoms with Gasteiger partial charge in [0, 0.05) is 41.8 Å². The minimum absolute atomic E-state index is 0.00673. The second-order valence-corrected chi connectivity index (χ2v) is 13.6. The van der Waals surface area contributed by atoms with Crippen LogP contribution in [0.2, 0.25) is 0 Å². The number of nitrogens with zero attached hydrogens (tertiary/aromatic N) is 1. The van der Waals surface area contributed by atoms with Crippen LogP contribution in [0.1, 0.15) is 36.2 Å². The molecule has 0 bridgehead atoms. The minimum Gasteiger partial charge on any atom is -0.445 e. The van der Waals surface area contributed by atoms with Gasteiger partial charge >= 0.3 is 6.09 Å². The molecule has 2 aromatic heterocycles. The number of aromatic amines is 2. The summed E-state index contributed by atoms with van der Waals surface area (Å²) in [4.78, 5) is 89.4. The maximum Gasteiger partial charge on any atom is 0.408 e. The van der Waals surface area contributed by atoms with Crippen LogP contribution >= 0.6 is 0 Å². The van der Waals surface area contributed by atoms with Gasteiger partial charge in [-0.15, -0.1) is 0 Å². The Kier molecular flexibility index (Phi) is 15.1. The van der Waals surface area contributed by atoms with E-state index in [1.165, 1.54) is 26.4 Å². The lowest BCUT2D eigenvalue weighted by Crippen LogP contribution is -2.59. The summed E-state index contributed by atoms with van der Waals surface area (Å²) in [6, 6.07) is 19.6. The van der Waals surface area contributed by atoms with Crippen molar-refractivity contribution in [3.8, 4) is 0 Å². The Morgan fingerprint density at radius 1 is 0.655 bits per heavy atom. The van der Waals surface area contributed by atoms with Crippen molar-refractivity contribution in [1.82, 2.24) is 41.5 Å². The van der Waals surface area contributed by atoms with E-state index in [2.05, 4.69) is 41.5 Å². The third-order valence-electron chi connectivity index (χ3n) is 9.10. The summed E-state index contributed by atoms with van der Waals surface area (Å²) >= 11 is 0. The van der Waals surface area contributed by atoms with Gasteiger partial charge in [-0.1, -0.05) is 78.9 Å². The SMILES string of the molecule is C[C@H](NC(=O)[C@@H](Cc1c[nH]c2ccccc12)NC(=O)[C@@H](COCc1ccccc1)NC(=O)[C@H](C)NC(=O)[C@@H](Cc1cnc[nH]1)NC(=O)OCc1ccccc1)C(N)=O. The van der Waals surface area contributed by atoms with E-state index < -0.39 is 65.8 Å². The van der Waals surface area contributed by atoms with E-state index in [1.54, 1.807) is 30.5 Å². The van der Waals surface area contributed by atoms with Gasteiger partial charge in [0.25, 0.3) is 0 Å². The number of carbonyl (C=O) groups excluding carboxylic acids is 6. The molecule has 0 spiro atoms. The number of H-pyrrole nitrogens is 2. The van der Waals surface area contributed by atoms with Gasteiger partial charge in [-0.05, 0) is 36.6 Å². The first-order chi connectivity index (χ1) is 28.0. The Bertz CT molecular complexity index is 2140. The molecule has 5 aromatic rings. The number of ether oxygens (including phenoxy) is 2. The van der Waals surface area contributed by atoms with Crippen molar-refractivity contribution in [3.05, 3.63) is 126 Å². The molecule has 0 fully saturated rings. The molecule has 17 nitrogen and oxygen atoms in total. The van der Waals surface area contributed by atoms with Gasteiger partial charge in [-0.2, -0.15) is 0 Å². The Morgan fingerprint density at radius 3 is 1.90 bits per heavy atom. The first kappa shape index (κ1) is 42.1. The Morgan fingerprint density at radius 2 is 1.24 bits per heavy atom. The van der Waals surface area contributed by atoms with Crippen LogP contribution in [-0.2, 0) is 59.5 Å². The molecule has 0 aliphatic carbocycles. The van der Waals surface area contributed by atoms with E-state index >= 15 is 0 Å². The molecular weight excluding hydrogens is 747 g/mol. The number of para-hydroxylation sites is 1. The van der Waals surface area contributed by atoms with E-state index in [0.717, 1.165) is 22.0 Å². The van der Waals surface area contributed by atoms with Crippen LogP contribution in [0.5, 0.6) is 0 Å². The van der Waals surface area contributed by atoms with Crippen molar-refractivity contribution >= 4 is 46.5 Å². The zero-order chi connectivity index (χ0) is 41.4. The molecule has 5 rings (SSSR count). The van der Waals surface area contributed by atoms with Gasteiger partial charge in [0.1, 0.15) is 36.8 Å². The van der Waals surface area contributed by atoms with Crippen molar-refractivity contribution < 1.29 is 38.2 Å². The largest absolute Gasteiger partial charge is 0.445 e. The smallest absolute Gasteiger partial charge is 0.408 e. The molecular formula is C41H47N9O8. The third kappa shape index (κ3) is 12.5. The fourth-order valence-corrected chi connectivity index (χ4v) is 5.85. The second-order valence-electron chi connectivity index (χ2n) is 13.6. The van der Waals surface area contributed by atoms with Gasteiger partial charge in [-0.25, -0.2) is 9.78 Å². The number of amides is 6. The van der Waals surface area contributed by atoms with Gasteiger partial charge in [0.05, 0.1) is 19.5 Å². The van der Waals surface area contributed by atoms with Crippen molar-refractivity contribution in [2.24, 2.45) is 5.73 Å². The van der Waals surface area contributed by atoms with Crippen LogP contribution in [0.15, 0.2) is 104 Å². The second kappa shape index (κ2) is 20.8. The highest BCUT2D eigenvalue weighted by atomic mass is 16.5. The number of alkyl carbamates (subject to hydrolysis) is 1. The molecule has 9 N–H and O–H groups in total. The summed E-state index contributed by atoms with van der Waals surface area (Å²) in [5, 5.41) is 13.9. The summed E-state index contributed by atoms with van der Waals surface area (Å²) in [6.45, 7) is 2.58. The Hall–Kier alpha value is -7.01. The van der Waals surface area contributed by atoms with Crippen molar-refractivity contribution in [1.29, 1.82) is 0 Å². The number of nitrogens with two attached hydrogens (primary N) is 1. The summed E-state index contributed by atoms with van der Waals surface area (Å²) in [7, 11) is 0. The molecule has 58 heavy (non-hydrogen) atoms. The Labute approximate surface area is 334 Å². The number of aromatic nitrogens is 3. The molecule has 6 amide bonds. The molecule has 304 valence electrons. The molecule has 0 saturated carbocycles. The number of imidazole rings is 1. The molecule has 2 heterocycles. The molecule has 0 saturated heterocycles. The van der Waals surface area contributed by atoms with Gasteiger partial charge in [-0.3, -0.25) is 24.0 Å². The molecule has 0 radical (unpaired) electrons. The van der Waals surface area contributed by atoms with Crippen molar-refractivity contribution in [2.45, 2.75) is 70.1 Å². The van der Waals surface area contributed by atoms with Crippen LogP contribution in [0, 0.1) is 0 Å². The Balaban J connectivity index is 1.29. The lowest BCUT2D eigenvalue weighted by Gasteiger charge is -2.25. The molecule has 0 unspecified atom stereocenters. The highest BCUT2D eigenvalue weighted by Gasteiger charge is 2.32. The first-order valence-electron chi connectivity index (χ1n) is 18.6. The van der Waals surface area contributed by atoms with E-state index in [1.807, 2.05) is 60.7 Å². The van der Waals surface area contributed by atoms with Crippen LogP contribution in [0.25, 0.3) is 10.9 Å². The van der Waals surface area contributed by atoms with E-state index in [4.69, 9.17) is 15.2 Å². The fourth-order valence-electron chi connectivity index (χ4n) is 5.85. The number of primary amides is 1. The summed E-state index contributed by atoms with van der Waals surface area (Å²) < 4.78 is 11.2. The van der Waals surface area contributed by atoms with Crippen LogP contribution in [-0.4, -0.2) is 87.4 Å². The zero-order valence-corrected chi connectivity index (χ0v) is 32.0. The van der Waals surface area contributed by atoms with Crippen molar-refractivity contribution in [3.63, 3.8) is 0 Å². The standard InChI is InChI=1S/C41H47N9O8/c1-25(36(42)51)46-38(53)33(17-29-19-44-32-16-10-9-15-31(29)32)48-40(55)35(23-57-21-27-11-5-3-6-12-27)49-37(52)26(2)47-39(54)34(18-30-20-43-24-45-30)50-41(56)58-22-28-13-7-4-8-14-28/h3-16,19-20,24-26,33-35,44H,17-18,21-23H2,1-2H3,(H2,42,51)(H,43,45)(H,46,53)(H,47,54)(H,48,55)(H,49,52)(H,50,56)/t25-,26-,33+,34+,35+/m0/s1. The van der Waals surface area contributed by atoms with Crippen LogP contribution < -0.4 is 32.3 Å². The molecule has 0 aliphatic heterocycles. The molecule has 17 heteroatoms. The quantitative estimate of drug-likeness (QED) is 0.0570. The average molecular weight is 794 g/mol. The monoisotopic (exact) mass is 793 g/mol. The number of hydrogen-bond donors (Lipinski definition) is 8. The lowest BCUT2D eigenvalue weighted by molar-refractivity contribution is -0.135. The maximum absolute atomic E-state index is 14.0. The lowest BCUT2D eigenvalue weighted by atomic mass is 10.0. The summed E-state index contributed by atoms with van der Waals surface area (Å²) in [5.74, 6) is -3.70. The van der Waals surface area contributed by atoms with Crippen molar-refractivity contribution in [2.75, 3.05) is 6.61 Å². The summed E-state index contributed by atoms with van der Waals surface area (Å²) in [6.07, 6.45) is 3.79. The molecule has 0 aliphatic rings. The number of benzene rings is 3. The zero-order valence-electron chi connectivity index (χ0n) is 32.0. The highest BCUT2D eigenvalue weighted by molar-refractivity contribution is 5.96. The van der Waals surface area contributed by atoms with E-state index in [9.17, 15) is 28.8 Å². The maximum atomic E-state index is 14.0. The van der Waals surface area contributed by atoms with Crippen LogP contribution in [0.3, 0.4) is 0 Å². The predicted molar refractivity (Wildman–Crippen MR) is 212 cm³/mol. The normalized spacial score (nSPS) is 13.6. The fraction of sp³-hybridized carbons (Fsp3) is 0.293. The number of carbonyl (C=O) groups is 6. The van der Waals surface area contributed by atoms with Crippen LogP contribution in [0.4, 0.5) is 4.79 Å². The average Bonchev–Trinajstić information content (AvgIpc) is 3.90. The number of fused-ring (bicyclic) bond motifs is 1. The number of nitrogens with one attached hydrogen (secondary N) is 7. The van der Waals surface area contributed by atoms with Gasteiger partial charge in [0.15, 0.2) is 0 Å². The van der Waals surface area contributed by atoms with E-state index in [-0.39, 0.29) is 32.7 Å². The molecule has 3 aromatic carbocycles. The summed E-state index contributed by atoms with van der Waals surface area (Å²) in [5.41, 5.74) is 9.02. The minimum atomic E-state index is -1.35. The highest BCUT2D eigenvalue weighted by Crippen LogP contribution is 2.19. The van der Waals surface area contributed by atoms with Gasteiger partial charge < -0.3 is 51.8 Å². The molecule has 5 atom stereocenters.